The summed E-state index contributed by atoms with van der Waals surface area (Å²) >= 11 is 0. The van der Waals surface area contributed by atoms with Crippen molar-refractivity contribution in [3.63, 3.8) is 0 Å². The molecule has 1 aromatic rings. The van der Waals surface area contributed by atoms with Gasteiger partial charge in [0.1, 0.15) is 0 Å². The average Bonchev–Trinajstić information content (AvgIpc) is 3.08. The molecular weight excluding hydrogens is 480 g/mol. The highest BCUT2D eigenvalue weighted by Gasteiger charge is 2.17. The Morgan fingerprint density at radius 3 is 2.24 bits per heavy atom. The molecule has 0 bridgehead atoms. The Morgan fingerprint density at radius 1 is 0.974 bits per heavy atom. The molecule has 0 heterocycles. The Balaban J connectivity index is 1.71. The van der Waals surface area contributed by atoms with E-state index in [4.69, 9.17) is 24.7 Å². The summed E-state index contributed by atoms with van der Waals surface area (Å²) in [5.41, 5.74) is 11.7. The van der Waals surface area contributed by atoms with Crippen LogP contribution in [0, 0.1) is 0 Å². The summed E-state index contributed by atoms with van der Waals surface area (Å²) in [5.74, 6) is 0.0758. The molecule has 0 radical (unpaired) electrons. The minimum atomic E-state index is 0.0758. The second kappa shape index (κ2) is 19.5. The van der Waals surface area contributed by atoms with Gasteiger partial charge in [-0.1, -0.05) is 55.1 Å². The van der Waals surface area contributed by atoms with Gasteiger partial charge in [-0.3, -0.25) is 4.79 Å². The van der Waals surface area contributed by atoms with Crippen molar-refractivity contribution in [3.05, 3.63) is 77.4 Å². The summed E-state index contributed by atoms with van der Waals surface area (Å²) in [6.07, 6.45) is 11.6. The molecule has 0 saturated heterocycles. The standard InChI is InChI=1S/C31H46N2O5/c1-4-9-28-26(5-2)13-14-27-10-6-7-11-29(27)30(28)12-8-17-33(3)31(34)15-18-35-20-22-37-24-25-38-23-21-36-19-16-32/h4-7,9-12H,2,8,13-25,32H2,1,3H3/b9-4-,30-12-. The Morgan fingerprint density at radius 2 is 1.61 bits per heavy atom. The van der Waals surface area contributed by atoms with Crippen molar-refractivity contribution in [2.24, 2.45) is 5.73 Å². The number of amides is 1. The third-order valence-corrected chi connectivity index (χ3v) is 6.26. The quantitative estimate of drug-likeness (QED) is 0.270. The van der Waals surface area contributed by atoms with Crippen LogP contribution in [0.5, 0.6) is 0 Å². The summed E-state index contributed by atoms with van der Waals surface area (Å²) in [5, 5.41) is 0. The van der Waals surface area contributed by atoms with Crippen LogP contribution in [-0.4, -0.2) is 83.8 Å². The molecule has 1 aliphatic carbocycles. The molecule has 1 amide bonds. The number of nitrogens with zero attached hydrogens (tertiary/aromatic N) is 1. The van der Waals surface area contributed by atoms with Gasteiger partial charge < -0.3 is 29.6 Å². The molecule has 1 aromatic carbocycles. The fourth-order valence-corrected chi connectivity index (χ4v) is 4.24. The number of hydrogen-bond donors (Lipinski definition) is 1. The SMILES string of the molecule is C=CC1=C(/C=C\C)/C(=C/CCN(C)C(=O)CCOCCOCCOCCOCCN)c2ccccc2CC1. The van der Waals surface area contributed by atoms with Crippen LogP contribution in [0.2, 0.25) is 0 Å². The average molecular weight is 527 g/mol. The van der Waals surface area contributed by atoms with Gasteiger partial charge in [-0.25, -0.2) is 0 Å². The van der Waals surface area contributed by atoms with E-state index >= 15 is 0 Å². The van der Waals surface area contributed by atoms with Gasteiger partial charge in [0, 0.05) is 20.1 Å². The number of rotatable bonds is 19. The van der Waals surface area contributed by atoms with Crippen LogP contribution >= 0.6 is 0 Å². The third-order valence-electron chi connectivity index (χ3n) is 6.26. The fraction of sp³-hybridized carbons (Fsp3) is 0.516. The molecule has 0 spiro atoms. The number of nitrogens with two attached hydrogens (primary N) is 1. The maximum Gasteiger partial charge on any atom is 0.224 e. The number of carbonyl (C=O) groups excluding carboxylic acids is 1. The Labute approximate surface area is 229 Å². The minimum absolute atomic E-state index is 0.0758. The van der Waals surface area contributed by atoms with Crippen molar-refractivity contribution >= 4 is 11.5 Å². The smallest absolute Gasteiger partial charge is 0.224 e. The van der Waals surface area contributed by atoms with Gasteiger partial charge in [0.2, 0.25) is 5.91 Å². The van der Waals surface area contributed by atoms with Crippen molar-refractivity contribution in [2.75, 3.05) is 73.0 Å². The van der Waals surface area contributed by atoms with Gasteiger partial charge in [-0.05, 0) is 54.0 Å². The van der Waals surface area contributed by atoms with Gasteiger partial charge in [-0.2, -0.15) is 0 Å². The number of fused-ring (bicyclic) bond motifs is 1. The Hall–Kier alpha value is -2.55. The highest BCUT2D eigenvalue weighted by Crippen LogP contribution is 2.35. The molecule has 0 unspecified atom stereocenters. The summed E-state index contributed by atoms with van der Waals surface area (Å²) < 4.78 is 21.7. The van der Waals surface area contributed by atoms with E-state index in [1.165, 1.54) is 27.8 Å². The van der Waals surface area contributed by atoms with Crippen molar-refractivity contribution in [1.82, 2.24) is 4.90 Å². The van der Waals surface area contributed by atoms with Crippen LogP contribution in [0.3, 0.4) is 0 Å². The van der Waals surface area contributed by atoms with Crippen LogP contribution < -0.4 is 5.73 Å². The monoisotopic (exact) mass is 526 g/mol. The highest BCUT2D eigenvalue weighted by atomic mass is 16.6. The molecule has 7 nitrogen and oxygen atoms in total. The normalized spacial score (nSPS) is 14.7. The van der Waals surface area contributed by atoms with Gasteiger partial charge in [0.25, 0.3) is 0 Å². The highest BCUT2D eigenvalue weighted by molar-refractivity contribution is 5.85. The molecule has 0 fully saturated rings. The molecule has 7 heteroatoms. The maximum absolute atomic E-state index is 12.6. The Kier molecular flexibility index (Phi) is 16.3. The number of aryl methyl sites for hydroxylation is 1. The minimum Gasteiger partial charge on any atom is -0.379 e. The zero-order valence-electron chi connectivity index (χ0n) is 23.3. The molecular formula is C31H46N2O5. The van der Waals surface area contributed by atoms with Gasteiger partial charge >= 0.3 is 0 Å². The number of hydrogen-bond acceptors (Lipinski definition) is 6. The van der Waals surface area contributed by atoms with E-state index in [2.05, 4.69) is 49.1 Å². The zero-order valence-corrected chi connectivity index (χ0v) is 23.3. The topological polar surface area (TPSA) is 83.2 Å². The summed E-state index contributed by atoms with van der Waals surface area (Å²) in [6.45, 7) is 11.2. The number of ether oxygens (including phenoxy) is 4. The first kappa shape index (κ1) is 31.7. The van der Waals surface area contributed by atoms with E-state index in [1.54, 1.807) is 4.90 Å². The molecule has 2 N–H and O–H groups in total. The van der Waals surface area contributed by atoms with E-state index in [0.717, 1.165) is 19.3 Å². The maximum atomic E-state index is 12.6. The van der Waals surface area contributed by atoms with Gasteiger partial charge in [-0.15, -0.1) is 0 Å². The van der Waals surface area contributed by atoms with Crippen molar-refractivity contribution in [1.29, 1.82) is 0 Å². The second-order valence-corrected chi connectivity index (χ2v) is 9.01. The first-order valence-electron chi connectivity index (χ1n) is 13.6. The predicted molar refractivity (Wildman–Crippen MR) is 154 cm³/mol. The molecule has 38 heavy (non-hydrogen) atoms. The summed E-state index contributed by atoms with van der Waals surface area (Å²) in [7, 11) is 1.85. The number of carbonyl (C=O) groups is 1. The zero-order chi connectivity index (χ0) is 27.4. The van der Waals surface area contributed by atoms with Crippen LogP contribution in [0.25, 0.3) is 5.57 Å². The van der Waals surface area contributed by atoms with E-state index in [9.17, 15) is 4.79 Å². The first-order chi connectivity index (χ1) is 18.6. The van der Waals surface area contributed by atoms with Crippen molar-refractivity contribution in [2.45, 2.75) is 32.6 Å². The number of benzene rings is 1. The van der Waals surface area contributed by atoms with Crippen LogP contribution in [0.15, 0.2) is 66.3 Å². The lowest BCUT2D eigenvalue weighted by Crippen LogP contribution is -2.28. The lowest BCUT2D eigenvalue weighted by atomic mass is 9.92. The second-order valence-electron chi connectivity index (χ2n) is 9.01. The largest absolute Gasteiger partial charge is 0.379 e. The van der Waals surface area contributed by atoms with E-state index in [0.29, 0.717) is 72.4 Å². The summed E-state index contributed by atoms with van der Waals surface area (Å²) in [6, 6.07) is 8.59. The van der Waals surface area contributed by atoms with E-state index in [1.807, 2.05) is 20.0 Å². The lowest BCUT2D eigenvalue weighted by molar-refractivity contribution is -0.131. The van der Waals surface area contributed by atoms with Gasteiger partial charge in [0.15, 0.2) is 0 Å². The number of allylic oxidation sites excluding steroid dienone is 6. The molecule has 210 valence electrons. The van der Waals surface area contributed by atoms with Crippen molar-refractivity contribution < 1.29 is 23.7 Å². The van der Waals surface area contributed by atoms with Crippen LogP contribution in [0.1, 0.15) is 37.3 Å². The molecule has 0 aliphatic heterocycles. The molecule has 0 saturated carbocycles. The third kappa shape index (κ3) is 11.5. The van der Waals surface area contributed by atoms with Crippen LogP contribution in [-0.2, 0) is 30.2 Å². The molecule has 0 atom stereocenters. The first-order valence-corrected chi connectivity index (χ1v) is 13.6. The molecule has 1 aliphatic rings. The molecule has 2 rings (SSSR count). The fourth-order valence-electron chi connectivity index (χ4n) is 4.24. The summed E-state index contributed by atoms with van der Waals surface area (Å²) in [4.78, 5) is 14.4. The predicted octanol–water partition coefficient (Wildman–Crippen LogP) is 4.34. The molecule has 0 aromatic heterocycles. The van der Waals surface area contributed by atoms with E-state index in [-0.39, 0.29) is 5.91 Å². The van der Waals surface area contributed by atoms with Gasteiger partial charge in [0.05, 0.1) is 59.3 Å². The van der Waals surface area contributed by atoms with E-state index < -0.39 is 0 Å². The lowest BCUT2D eigenvalue weighted by Gasteiger charge is -2.17. The Bertz CT molecular complexity index is 938. The van der Waals surface area contributed by atoms with Crippen molar-refractivity contribution in [3.8, 4) is 0 Å². The van der Waals surface area contributed by atoms with Crippen LogP contribution in [0.4, 0.5) is 0 Å².